The van der Waals surface area contributed by atoms with E-state index in [1.165, 1.54) is 6.42 Å². The Bertz CT molecular complexity index is 730. The van der Waals surface area contributed by atoms with E-state index in [4.69, 9.17) is 9.47 Å². The molecule has 0 amide bonds. The summed E-state index contributed by atoms with van der Waals surface area (Å²) in [6, 6.07) is 15.8. The van der Waals surface area contributed by atoms with Gasteiger partial charge < -0.3 is 9.47 Å². The van der Waals surface area contributed by atoms with Gasteiger partial charge in [0.15, 0.2) is 5.78 Å². The molecule has 1 heterocycles. The number of hydrogen-bond acceptors (Lipinski definition) is 3. The summed E-state index contributed by atoms with van der Waals surface area (Å²) in [6.45, 7) is 1.03. The summed E-state index contributed by atoms with van der Waals surface area (Å²) >= 11 is 0. The summed E-state index contributed by atoms with van der Waals surface area (Å²) in [7, 11) is 0. The zero-order chi connectivity index (χ0) is 16.4. The maximum absolute atomic E-state index is 12.9. The van der Waals surface area contributed by atoms with Crippen molar-refractivity contribution in [3.63, 3.8) is 0 Å². The second kappa shape index (κ2) is 6.40. The fourth-order valence-corrected chi connectivity index (χ4v) is 3.76. The highest BCUT2D eigenvalue weighted by Gasteiger charge is 2.44. The molecule has 0 N–H and O–H groups in total. The van der Waals surface area contributed by atoms with Crippen LogP contribution < -0.4 is 4.74 Å². The number of carbonyl (C=O) groups excluding carboxylic acids is 1. The summed E-state index contributed by atoms with van der Waals surface area (Å²) in [6.07, 6.45) is 5.09. The Labute approximate surface area is 142 Å². The van der Waals surface area contributed by atoms with Gasteiger partial charge in [0.2, 0.25) is 0 Å². The largest absolute Gasteiger partial charge is 0.489 e. The highest BCUT2D eigenvalue weighted by Crippen LogP contribution is 2.40. The smallest absolute Gasteiger partial charge is 0.194 e. The number of benzene rings is 2. The van der Waals surface area contributed by atoms with Crippen LogP contribution in [0.3, 0.4) is 0 Å². The van der Waals surface area contributed by atoms with Crippen LogP contribution >= 0.6 is 0 Å². The number of ether oxygens (including phenoxy) is 2. The maximum atomic E-state index is 12.9. The van der Waals surface area contributed by atoms with Crippen LogP contribution in [-0.2, 0) is 18.0 Å². The molecule has 2 aliphatic rings. The van der Waals surface area contributed by atoms with Gasteiger partial charge in [0.25, 0.3) is 0 Å². The van der Waals surface area contributed by atoms with E-state index in [1.54, 1.807) is 0 Å². The standard InChI is InChI=1S/C21H22O3/c22-20-19-10-9-18(23-14-16-7-3-1-4-8-16)13-17(19)15-24-21(20)11-5-2-6-12-21/h1,3-4,7-10,13H,2,5-6,11-12,14-15H2. The number of ketones is 1. The molecule has 1 aliphatic carbocycles. The topological polar surface area (TPSA) is 35.5 Å². The Kier molecular flexibility index (Phi) is 4.11. The zero-order valence-corrected chi connectivity index (χ0v) is 13.8. The van der Waals surface area contributed by atoms with Crippen LogP contribution in [0.4, 0.5) is 0 Å². The minimum atomic E-state index is -0.558. The van der Waals surface area contributed by atoms with Crippen molar-refractivity contribution in [3.8, 4) is 5.75 Å². The summed E-state index contributed by atoms with van der Waals surface area (Å²) in [4.78, 5) is 12.9. The third-order valence-corrected chi connectivity index (χ3v) is 5.15. The van der Waals surface area contributed by atoms with Gasteiger partial charge in [0, 0.05) is 5.56 Å². The van der Waals surface area contributed by atoms with Crippen molar-refractivity contribution in [3.05, 3.63) is 65.2 Å². The molecule has 1 fully saturated rings. The summed E-state index contributed by atoms with van der Waals surface area (Å²) < 4.78 is 11.9. The van der Waals surface area contributed by atoms with Crippen LogP contribution in [0.15, 0.2) is 48.5 Å². The first-order valence-electron chi connectivity index (χ1n) is 8.75. The Morgan fingerprint density at radius 3 is 2.58 bits per heavy atom. The van der Waals surface area contributed by atoms with Gasteiger partial charge in [-0.25, -0.2) is 0 Å². The Morgan fingerprint density at radius 1 is 1.00 bits per heavy atom. The molecule has 24 heavy (non-hydrogen) atoms. The second-order valence-corrected chi connectivity index (χ2v) is 6.77. The monoisotopic (exact) mass is 322 g/mol. The van der Waals surface area contributed by atoms with E-state index in [9.17, 15) is 4.79 Å². The first kappa shape index (κ1) is 15.4. The van der Waals surface area contributed by atoms with Crippen LogP contribution in [0, 0.1) is 0 Å². The molecule has 4 rings (SSSR count). The molecular weight excluding hydrogens is 300 g/mol. The number of Topliss-reactive ketones (excluding diaryl/α,β-unsaturated/α-hetero) is 1. The van der Waals surface area contributed by atoms with Crippen molar-refractivity contribution in [2.45, 2.75) is 50.9 Å². The molecule has 1 aliphatic heterocycles. The van der Waals surface area contributed by atoms with Crippen molar-refractivity contribution in [1.29, 1.82) is 0 Å². The van der Waals surface area contributed by atoms with Crippen molar-refractivity contribution < 1.29 is 14.3 Å². The van der Waals surface area contributed by atoms with Gasteiger partial charge in [-0.3, -0.25) is 4.79 Å². The van der Waals surface area contributed by atoms with Crippen LogP contribution in [0.25, 0.3) is 0 Å². The number of rotatable bonds is 3. The molecular formula is C21H22O3. The van der Waals surface area contributed by atoms with Gasteiger partial charge in [-0.05, 0) is 42.2 Å². The van der Waals surface area contributed by atoms with Gasteiger partial charge in [-0.1, -0.05) is 49.6 Å². The molecule has 1 spiro atoms. The van der Waals surface area contributed by atoms with E-state index in [0.717, 1.165) is 48.1 Å². The van der Waals surface area contributed by atoms with E-state index in [1.807, 2.05) is 48.5 Å². The van der Waals surface area contributed by atoms with Crippen molar-refractivity contribution >= 4 is 5.78 Å². The third kappa shape index (κ3) is 2.84. The third-order valence-electron chi connectivity index (χ3n) is 5.15. The maximum Gasteiger partial charge on any atom is 0.194 e. The number of carbonyl (C=O) groups is 1. The predicted octanol–water partition coefficient (Wildman–Crippen LogP) is 4.68. The molecule has 2 aromatic rings. The molecule has 0 atom stereocenters. The van der Waals surface area contributed by atoms with Crippen molar-refractivity contribution in [2.75, 3.05) is 0 Å². The quantitative estimate of drug-likeness (QED) is 0.823. The van der Waals surface area contributed by atoms with E-state index in [-0.39, 0.29) is 5.78 Å². The minimum Gasteiger partial charge on any atom is -0.489 e. The number of hydrogen-bond donors (Lipinski definition) is 0. The molecule has 0 aromatic heterocycles. The minimum absolute atomic E-state index is 0.165. The average molecular weight is 322 g/mol. The lowest BCUT2D eigenvalue weighted by Gasteiger charge is -2.39. The van der Waals surface area contributed by atoms with Gasteiger partial charge in [-0.2, -0.15) is 0 Å². The lowest BCUT2D eigenvalue weighted by atomic mass is 9.77. The van der Waals surface area contributed by atoms with Gasteiger partial charge in [-0.15, -0.1) is 0 Å². The molecule has 1 saturated carbocycles. The van der Waals surface area contributed by atoms with Crippen LogP contribution in [0.2, 0.25) is 0 Å². The molecule has 3 heteroatoms. The van der Waals surface area contributed by atoms with Crippen LogP contribution in [0.5, 0.6) is 5.75 Å². The summed E-state index contributed by atoms with van der Waals surface area (Å²) in [5, 5.41) is 0. The van der Waals surface area contributed by atoms with Crippen molar-refractivity contribution in [1.82, 2.24) is 0 Å². The first-order chi connectivity index (χ1) is 11.8. The molecule has 0 bridgehead atoms. The molecule has 3 nitrogen and oxygen atoms in total. The SMILES string of the molecule is O=C1c2ccc(OCc3ccccc3)cc2COC12CCCCC2. The second-order valence-electron chi connectivity index (χ2n) is 6.77. The van der Waals surface area contributed by atoms with E-state index < -0.39 is 5.60 Å². The fourth-order valence-electron chi connectivity index (χ4n) is 3.76. The Morgan fingerprint density at radius 2 is 1.79 bits per heavy atom. The van der Waals surface area contributed by atoms with E-state index in [2.05, 4.69) is 0 Å². The predicted molar refractivity (Wildman–Crippen MR) is 92.2 cm³/mol. The molecule has 124 valence electrons. The molecule has 0 radical (unpaired) electrons. The Hall–Kier alpha value is -2.13. The highest BCUT2D eigenvalue weighted by atomic mass is 16.5. The van der Waals surface area contributed by atoms with Crippen molar-refractivity contribution in [2.24, 2.45) is 0 Å². The average Bonchev–Trinajstić information content (AvgIpc) is 2.65. The van der Waals surface area contributed by atoms with Crippen LogP contribution in [0.1, 0.15) is 53.6 Å². The van der Waals surface area contributed by atoms with E-state index in [0.29, 0.717) is 13.2 Å². The molecule has 2 aromatic carbocycles. The lowest BCUT2D eigenvalue weighted by molar-refractivity contribution is -0.0619. The fraction of sp³-hybridized carbons (Fsp3) is 0.381. The highest BCUT2D eigenvalue weighted by molar-refractivity contribution is 6.04. The number of fused-ring (bicyclic) bond motifs is 1. The normalized spacial score (nSPS) is 19.1. The first-order valence-corrected chi connectivity index (χ1v) is 8.75. The molecule has 0 saturated heterocycles. The Balaban J connectivity index is 1.51. The van der Waals surface area contributed by atoms with E-state index >= 15 is 0 Å². The summed E-state index contributed by atoms with van der Waals surface area (Å²) in [5.41, 5.74) is 2.33. The lowest BCUT2D eigenvalue weighted by Crippen LogP contribution is -2.46. The van der Waals surface area contributed by atoms with Gasteiger partial charge >= 0.3 is 0 Å². The molecule has 0 unspecified atom stereocenters. The zero-order valence-electron chi connectivity index (χ0n) is 13.8. The van der Waals surface area contributed by atoms with Gasteiger partial charge in [0.05, 0.1) is 6.61 Å². The van der Waals surface area contributed by atoms with Crippen LogP contribution in [-0.4, -0.2) is 11.4 Å². The van der Waals surface area contributed by atoms with Gasteiger partial charge in [0.1, 0.15) is 18.0 Å². The summed E-state index contributed by atoms with van der Waals surface area (Å²) in [5.74, 6) is 0.951.